The molecule has 1 fully saturated rings. The predicted molar refractivity (Wildman–Crippen MR) is 38.0 cm³/mol. The summed E-state index contributed by atoms with van der Waals surface area (Å²) in [7, 11) is -0.106. The topological polar surface area (TPSA) is 9.23 Å². The molecule has 1 aliphatic rings. The molecule has 1 rings (SSSR count). The fourth-order valence-corrected chi connectivity index (χ4v) is 5.78. The molecule has 0 spiro atoms. The minimum Gasteiger partial charge on any atom is -1.00 e. The Kier molecular flexibility index (Phi) is 7.26. The van der Waals surface area contributed by atoms with Gasteiger partial charge in [0.15, 0.2) is 0 Å². The molecule has 1 saturated heterocycles. The van der Waals surface area contributed by atoms with Crippen LogP contribution in [0, 0.1) is 0 Å². The third-order valence-electron chi connectivity index (χ3n) is 1.39. The Labute approximate surface area is 98.8 Å². The first-order chi connectivity index (χ1) is 3.39. The van der Waals surface area contributed by atoms with Crippen LogP contribution in [0.15, 0.2) is 0 Å². The van der Waals surface area contributed by atoms with Crippen molar-refractivity contribution >= 4 is 17.6 Å². The molecule has 1 aliphatic heterocycles. The quantitative estimate of drug-likeness (QED) is 0.353. The minimum atomic E-state index is -0.178. The maximum atomic E-state index is 5.38. The van der Waals surface area contributed by atoms with Crippen molar-refractivity contribution in [2.75, 3.05) is 6.61 Å². The fraction of sp³-hybridized carbons (Fsp3) is 1.00. The molecule has 0 aromatic rings. The van der Waals surface area contributed by atoms with Gasteiger partial charge < -0.3 is 5.85 Å². The van der Waals surface area contributed by atoms with Crippen molar-refractivity contribution < 1.29 is 57.2 Å². The zero-order chi connectivity index (χ0) is 5.11. The van der Waals surface area contributed by atoms with Gasteiger partial charge >= 0.3 is 51.4 Å². The molecule has 0 aromatic carbocycles. The average Bonchev–Trinajstić information content (AvgIpc) is 1.69. The second kappa shape index (κ2) is 5.79. The molecule has 1 unspecified atom stereocenters. The predicted octanol–water partition coefficient (Wildman–Crippen LogP) is -3.04. The standard InChI is InChI=1S/C4H12OSi2.K.H/c1-7-4-2-3-5-6-7;;/h7H,2-4,6H2,1H3;;/q;+1;-1. The molecular weight excluding hydrogens is 159 g/mol. The van der Waals surface area contributed by atoms with Gasteiger partial charge in [-0.25, -0.2) is 0 Å². The second-order valence-electron chi connectivity index (χ2n) is 2.32. The van der Waals surface area contributed by atoms with Crippen molar-refractivity contribution in [1.29, 1.82) is 0 Å². The SMILES string of the molecule is C[SiH]1CCCO[SiH2]1.[H-].[K+]. The van der Waals surface area contributed by atoms with Crippen LogP contribution in [0.1, 0.15) is 7.85 Å². The number of hydrogen-bond donors (Lipinski definition) is 0. The van der Waals surface area contributed by atoms with Gasteiger partial charge in [-0.2, -0.15) is 0 Å². The van der Waals surface area contributed by atoms with Gasteiger partial charge in [0.25, 0.3) is 0 Å². The molecule has 0 bridgehead atoms. The van der Waals surface area contributed by atoms with Crippen molar-refractivity contribution in [3.63, 3.8) is 0 Å². The first-order valence-electron chi connectivity index (χ1n) is 2.97. The van der Waals surface area contributed by atoms with Gasteiger partial charge in [0.05, 0.1) is 8.31 Å². The first-order valence-corrected chi connectivity index (χ1v) is 8.79. The summed E-state index contributed by atoms with van der Waals surface area (Å²) in [6.45, 7) is 3.52. The van der Waals surface area contributed by atoms with Gasteiger partial charge in [0, 0.05) is 6.61 Å². The van der Waals surface area contributed by atoms with Crippen molar-refractivity contribution in [2.24, 2.45) is 0 Å². The van der Waals surface area contributed by atoms with E-state index in [1.165, 1.54) is 6.42 Å². The molecule has 0 saturated carbocycles. The summed E-state index contributed by atoms with van der Waals surface area (Å²) in [4.78, 5) is 0. The monoisotopic (exact) mass is 172 g/mol. The molecule has 44 valence electrons. The van der Waals surface area contributed by atoms with E-state index >= 15 is 0 Å². The third kappa shape index (κ3) is 3.94. The Morgan fingerprint density at radius 3 is 2.75 bits per heavy atom. The third-order valence-corrected chi connectivity index (χ3v) is 7.51. The van der Waals surface area contributed by atoms with E-state index < -0.39 is 0 Å². The van der Waals surface area contributed by atoms with Crippen LogP contribution in [0.2, 0.25) is 12.6 Å². The summed E-state index contributed by atoms with van der Waals surface area (Å²) < 4.78 is 5.38. The Hall–Kier alpha value is 2.03. The van der Waals surface area contributed by atoms with E-state index in [0.29, 0.717) is 0 Å². The first kappa shape index (κ1) is 10.0. The molecule has 0 N–H and O–H groups in total. The smallest absolute Gasteiger partial charge is 1.00 e. The van der Waals surface area contributed by atoms with Gasteiger partial charge in [-0.05, 0) is 6.42 Å². The molecule has 0 radical (unpaired) electrons. The van der Waals surface area contributed by atoms with E-state index in [1.54, 1.807) is 6.04 Å². The van der Waals surface area contributed by atoms with Crippen LogP contribution in [0.5, 0.6) is 0 Å². The average molecular weight is 172 g/mol. The van der Waals surface area contributed by atoms with Crippen LogP contribution in [0.3, 0.4) is 0 Å². The summed E-state index contributed by atoms with van der Waals surface area (Å²) in [5, 5.41) is 0. The van der Waals surface area contributed by atoms with Crippen LogP contribution in [0.4, 0.5) is 0 Å². The molecule has 1 nitrogen and oxygen atoms in total. The van der Waals surface area contributed by atoms with Crippen molar-refractivity contribution in [1.82, 2.24) is 0 Å². The van der Waals surface area contributed by atoms with E-state index in [2.05, 4.69) is 6.55 Å². The molecule has 1 atom stereocenters. The van der Waals surface area contributed by atoms with E-state index in [1.807, 2.05) is 0 Å². The molecule has 1 heterocycles. The van der Waals surface area contributed by atoms with E-state index in [0.717, 1.165) is 6.61 Å². The fourth-order valence-electron chi connectivity index (χ4n) is 0.902. The zero-order valence-electron chi connectivity index (χ0n) is 6.81. The number of hydrogen-bond acceptors (Lipinski definition) is 1. The largest absolute Gasteiger partial charge is 1.00 e. The minimum absolute atomic E-state index is 0. The van der Waals surface area contributed by atoms with Gasteiger partial charge in [-0.15, -0.1) is 0 Å². The summed E-state index contributed by atoms with van der Waals surface area (Å²) in [5.41, 5.74) is 0. The van der Waals surface area contributed by atoms with Crippen LogP contribution in [-0.4, -0.2) is 24.2 Å². The van der Waals surface area contributed by atoms with Crippen molar-refractivity contribution in [3.8, 4) is 0 Å². The molecule has 0 aliphatic carbocycles. The Bertz CT molecular complexity index is 60.5. The Balaban J connectivity index is 0. The summed E-state index contributed by atoms with van der Waals surface area (Å²) in [6, 6.07) is 1.56. The maximum absolute atomic E-state index is 5.38. The molecule has 0 aromatic heterocycles. The van der Waals surface area contributed by atoms with Crippen LogP contribution in [0.25, 0.3) is 0 Å². The number of rotatable bonds is 0. The van der Waals surface area contributed by atoms with Gasteiger partial charge in [0.2, 0.25) is 0 Å². The molecule has 8 heavy (non-hydrogen) atoms. The summed E-state index contributed by atoms with van der Waals surface area (Å²) >= 11 is 0. The van der Waals surface area contributed by atoms with Crippen molar-refractivity contribution in [3.05, 3.63) is 0 Å². The van der Waals surface area contributed by atoms with Crippen LogP contribution < -0.4 is 51.4 Å². The maximum Gasteiger partial charge on any atom is 1.00 e. The second-order valence-corrected chi connectivity index (χ2v) is 11.0. The van der Waals surface area contributed by atoms with E-state index in [9.17, 15) is 0 Å². The van der Waals surface area contributed by atoms with Gasteiger partial charge in [0.1, 0.15) is 9.28 Å². The summed E-state index contributed by atoms with van der Waals surface area (Å²) in [5.74, 6) is 0. The van der Waals surface area contributed by atoms with E-state index in [4.69, 9.17) is 4.43 Å². The zero-order valence-corrected chi connectivity index (χ0v) is 11.5. The van der Waals surface area contributed by atoms with E-state index in [-0.39, 0.29) is 70.4 Å². The molecule has 0 amide bonds. The normalized spacial score (nSPS) is 31.9. The van der Waals surface area contributed by atoms with Crippen molar-refractivity contribution in [2.45, 2.75) is 19.0 Å². The Morgan fingerprint density at radius 1 is 1.75 bits per heavy atom. The summed E-state index contributed by atoms with van der Waals surface area (Å²) in [6.07, 6.45) is 1.36. The van der Waals surface area contributed by atoms with Crippen LogP contribution in [-0.2, 0) is 4.43 Å². The molecular formula is C4H13KOSi2. The van der Waals surface area contributed by atoms with Gasteiger partial charge in [-0.3, -0.25) is 0 Å². The van der Waals surface area contributed by atoms with Gasteiger partial charge in [-0.1, -0.05) is 12.6 Å². The Morgan fingerprint density at radius 2 is 2.50 bits per heavy atom. The van der Waals surface area contributed by atoms with Crippen LogP contribution >= 0.6 is 0 Å². The molecule has 4 heteroatoms.